The van der Waals surface area contributed by atoms with Crippen molar-refractivity contribution in [3.05, 3.63) is 29.8 Å². The summed E-state index contributed by atoms with van der Waals surface area (Å²) in [7, 11) is 0. The molecule has 0 aromatic heterocycles. The Morgan fingerprint density at radius 3 is 2.68 bits per heavy atom. The lowest BCUT2D eigenvalue weighted by Gasteiger charge is -2.34. The SMILES string of the molecule is CCC(CC)(CC1CCOc2ccccc21)C(=O)O. The largest absolute Gasteiger partial charge is 0.493 e. The summed E-state index contributed by atoms with van der Waals surface area (Å²) in [5.74, 6) is 0.549. The molecule has 1 aliphatic rings. The highest BCUT2D eigenvalue weighted by Gasteiger charge is 2.38. The third kappa shape index (κ3) is 2.60. The van der Waals surface area contributed by atoms with E-state index in [9.17, 15) is 9.90 Å². The number of para-hydroxylation sites is 1. The molecule has 3 heteroatoms. The van der Waals surface area contributed by atoms with Crippen LogP contribution >= 0.6 is 0 Å². The van der Waals surface area contributed by atoms with Gasteiger partial charge in [0.05, 0.1) is 12.0 Å². The summed E-state index contributed by atoms with van der Waals surface area (Å²) in [5, 5.41) is 9.57. The Morgan fingerprint density at radius 1 is 1.37 bits per heavy atom. The van der Waals surface area contributed by atoms with Gasteiger partial charge in [0.15, 0.2) is 0 Å². The minimum Gasteiger partial charge on any atom is -0.493 e. The second-order valence-electron chi connectivity index (χ2n) is 5.37. The van der Waals surface area contributed by atoms with Crippen molar-refractivity contribution in [1.82, 2.24) is 0 Å². The van der Waals surface area contributed by atoms with Crippen LogP contribution in [0.5, 0.6) is 5.75 Å². The van der Waals surface area contributed by atoms with Crippen molar-refractivity contribution in [2.45, 2.75) is 45.4 Å². The van der Waals surface area contributed by atoms with Crippen molar-refractivity contribution in [3.8, 4) is 5.75 Å². The van der Waals surface area contributed by atoms with Crippen molar-refractivity contribution >= 4 is 5.97 Å². The molecule has 3 nitrogen and oxygen atoms in total. The molecule has 2 rings (SSSR count). The van der Waals surface area contributed by atoms with Crippen LogP contribution in [0.1, 0.15) is 51.0 Å². The van der Waals surface area contributed by atoms with Gasteiger partial charge in [-0.1, -0.05) is 32.0 Å². The summed E-state index contributed by atoms with van der Waals surface area (Å²) >= 11 is 0. The minimum absolute atomic E-state index is 0.293. The maximum absolute atomic E-state index is 11.6. The van der Waals surface area contributed by atoms with Gasteiger partial charge in [0, 0.05) is 0 Å². The van der Waals surface area contributed by atoms with Gasteiger partial charge in [-0.25, -0.2) is 0 Å². The molecule has 0 fully saturated rings. The van der Waals surface area contributed by atoms with Gasteiger partial charge < -0.3 is 9.84 Å². The van der Waals surface area contributed by atoms with Crippen LogP contribution in [0, 0.1) is 5.41 Å². The molecule has 104 valence electrons. The Bertz CT molecular complexity index is 449. The Hall–Kier alpha value is -1.51. The Labute approximate surface area is 114 Å². The summed E-state index contributed by atoms with van der Waals surface area (Å²) in [6.45, 7) is 4.64. The molecule has 0 saturated carbocycles. The molecule has 1 atom stereocenters. The number of aliphatic carboxylic acids is 1. The molecule has 1 N–H and O–H groups in total. The van der Waals surface area contributed by atoms with Gasteiger partial charge in [0.2, 0.25) is 0 Å². The highest BCUT2D eigenvalue weighted by molar-refractivity contribution is 5.74. The van der Waals surface area contributed by atoms with Gasteiger partial charge in [-0.2, -0.15) is 0 Å². The topological polar surface area (TPSA) is 46.5 Å². The second-order valence-corrected chi connectivity index (χ2v) is 5.37. The molecule has 0 radical (unpaired) electrons. The molecule has 1 heterocycles. The summed E-state index contributed by atoms with van der Waals surface area (Å²) in [6, 6.07) is 8.01. The number of carboxylic acid groups (broad SMARTS) is 1. The smallest absolute Gasteiger partial charge is 0.309 e. The molecule has 0 aliphatic carbocycles. The molecule has 1 aliphatic heterocycles. The number of benzene rings is 1. The van der Waals surface area contributed by atoms with E-state index in [2.05, 4.69) is 6.07 Å². The molecule has 1 aromatic carbocycles. The Balaban J connectivity index is 2.26. The van der Waals surface area contributed by atoms with Crippen LogP contribution in [0.25, 0.3) is 0 Å². The van der Waals surface area contributed by atoms with Gasteiger partial charge in [-0.3, -0.25) is 4.79 Å². The van der Waals surface area contributed by atoms with Gasteiger partial charge in [-0.05, 0) is 43.2 Å². The molecular formula is C16H22O3. The molecule has 1 aromatic rings. The lowest BCUT2D eigenvalue weighted by molar-refractivity contribution is -0.150. The molecule has 0 amide bonds. The Morgan fingerprint density at radius 2 is 2.05 bits per heavy atom. The fourth-order valence-corrected chi connectivity index (χ4v) is 3.03. The zero-order valence-electron chi connectivity index (χ0n) is 11.7. The number of rotatable bonds is 5. The van der Waals surface area contributed by atoms with Crippen molar-refractivity contribution in [2.75, 3.05) is 6.61 Å². The summed E-state index contributed by atoms with van der Waals surface area (Å²) < 4.78 is 5.65. The fourth-order valence-electron chi connectivity index (χ4n) is 3.03. The zero-order valence-corrected chi connectivity index (χ0v) is 11.7. The zero-order chi connectivity index (χ0) is 13.9. The lowest BCUT2D eigenvalue weighted by Crippen LogP contribution is -2.32. The van der Waals surface area contributed by atoms with Crippen LogP contribution in [-0.4, -0.2) is 17.7 Å². The number of carboxylic acids is 1. The molecule has 19 heavy (non-hydrogen) atoms. The first kappa shape index (κ1) is 13.9. The number of carbonyl (C=O) groups is 1. The average Bonchev–Trinajstić information content (AvgIpc) is 2.44. The van der Waals surface area contributed by atoms with Crippen LogP contribution in [0.4, 0.5) is 0 Å². The van der Waals surface area contributed by atoms with E-state index in [1.54, 1.807) is 0 Å². The van der Waals surface area contributed by atoms with Crippen molar-refractivity contribution in [1.29, 1.82) is 0 Å². The van der Waals surface area contributed by atoms with E-state index in [1.807, 2.05) is 32.0 Å². The van der Waals surface area contributed by atoms with E-state index in [4.69, 9.17) is 4.74 Å². The van der Waals surface area contributed by atoms with Crippen molar-refractivity contribution < 1.29 is 14.6 Å². The van der Waals surface area contributed by atoms with Gasteiger partial charge >= 0.3 is 5.97 Å². The lowest BCUT2D eigenvalue weighted by atomic mass is 9.72. The fraction of sp³-hybridized carbons (Fsp3) is 0.562. The monoisotopic (exact) mass is 262 g/mol. The van der Waals surface area contributed by atoms with Crippen LogP contribution in [0.3, 0.4) is 0 Å². The summed E-state index contributed by atoms with van der Waals surface area (Å²) in [4.78, 5) is 11.6. The normalized spacial score (nSPS) is 18.5. The Kier molecular flexibility index (Phi) is 4.13. The van der Waals surface area contributed by atoms with E-state index < -0.39 is 11.4 Å². The predicted molar refractivity (Wildman–Crippen MR) is 74.6 cm³/mol. The van der Waals surface area contributed by atoms with Gasteiger partial charge in [0.1, 0.15) is 5.75 Å². The van der Waals surface area contributed by atoms with E-state index >= 15 is 0 Å². The summed E-state index contributed by atoms with van der Waals surface area (Å²) in [6.07, 6.45) is 2.97. The first-order valence-corrected chi connectivity index (χ1v) is 7.08. The van der Waals surface area contributed by atoms with E-state index in [0.717, 1.165) is 12.2 Å². The maximum Gasteiger partial charge on any atom is 0.309 e. The van der Waals surface area contributed by atoms with Crippen LogP contribution < -0.4 is 4.74 Å². The van der Waals surface area contributed by atoms with Gasteiger partial charge in [-0.15, -0.1) is 0 Å². The van der Waals surface area contributed by atoms with E-state index in [0.29, 0.717) is 31.8 Å². The highest BCUT2D eigenvalue weighted by Crippen LogP contribution is 2.43. The van der Waals surface area contributed by atoms with E-state index in [-0.39, 0.29) is 0 Å². The number of hydrogen-bond donors (Lipinski definition) is 1. The van der Waals surface area contributed by atoms with Crippen LogP contribution in [0.2, 0.25) is 0 Å². The van der Waals surface area contributed by atoms with Crippen molar-refractivity contribution in [2.24, 2.45) is 5.41 Å². The first-order chi connectivity index (χ1) is 9.13. The number of ether oxygens (including phenoxy) is 1. The first-order valence-electron chi connectivity index (χ1n) is 7.08. The molecular weight excluding hydrogens is 240 g/mol. The second kappa shape index (κ2) is 5.64. The molecule has 1 unspecified atom stereocenters. The highest BCUT2D eigenvalue weighted by atomic mass is 16.5. The third-order valence-electron chi connectivity index (χ3n) is 4.53. The average molecular weight is 262 g/mol. The maximum atomic E-state index is 11.6. The molecule has 0 spiro atoms. The van der Waals surface area contributed by atoms with Gasteiger partial charge in [0.25, 0.3) is 0 Å². The quantitative estimate of drug-likeness (QED) is 0.877. The van der Waals surface area contributed by atoms with E-state index in [1.165, 1.54) is 5.56 Å². The standard InChI is InChI=1S/C16H22O3/c1-3-16(4-2,15(17)18)11-12-9-10-19-14-8-6-5-7-13(12)14/h5-8,12H,3-4,9-11H2,1-2H3,(H,17,18). The minimum atomic E-state index is -0.665. The molecule has 0 bridgehead atoms. The number of fused-ring (bicyclic) bond motifs is 1. The predicted octanol–water partition coefficient (Wildman–Crippen LogP) is 3.83. The summed E-state index contributed by atoms with van der Waals surface area (Å²) in [5.41, 5.74) is 0.566. The van der Waals surface area contributed by atoms with Crippen LogP contribution in [-0.2, 0) is 4.79 Å². The third-order valence-corrected chi connectivity index (χ3v) is 4.53. The molecule has 0 saturated heterocycles. The van der Waals surface area contributed by atoms with Crippen molar-refractivity contribution in [3.63, 3.8) is 0 Å². The van der Waals surface area contributed by atoms with Crippen LogP contribution in [0.15, 0.2) is 24.3 Å². The number of hydrogen-bond acceptors (Lipinski definition) is 2.